The van der Waals surface area contributed by atoms with Gasteiger partial charge in [-0.15, -0.1) is 0 Å². The van der Waals surface area contributed by atoms with Gasteiger partial charge in [0.25, 0.3) is 0 Å². The van der Waals surface area contributed by atoms with Crippen molar-refractivity contribution in [3.8, 4) is 5.75 Å². The van der Waals surface area contributed by atoms with Crippen molar-refractivity contribution in [1.29, 1.82) is 0 Å². The number of hydrogen-bond acceptors (Lipinski definition) is 6. The molecule has 2 heterocycles. The van der Waals surface area contributed by atoms with Crippen LogP contribution in [0.1, 0.15) is 58.9 Å². The molecule has 0 radical (unpaired) electrons. The lowest BCUT2D eigenvalue weighted by molar-refractivity contribution is -0.132. The normalized spacial score (nSPS) is 14.3. The largest absolute Gasteiger partial charge is 0.493 e. The zero-order chi connectivity index (χ0) is 30.0. The first-order chi connectivity index (χ1) is 18.4. The third-order valence-electron chi connectivity index (χ3n) is 6.38. The fourth-order valence-electron chi connectivity index (χ4n) is 4.05. The number of hydrogen-bond donors (Lipinski definition) is 3. The second-order valence-corrected chi connectivity index (χ2v) is 10.1. The van der Waals surface area contributed by atoms with E-state index in [-0.39, 0.29) is 30.3 Å². The van der Waals surface area contributed by atoms with Gasteiger partial charge in [0, 0.05) is 45.7 Å². The van der Waals surface area contributed by atoms with Crippen LogP contribution in [0.2, 0.25) is 0 Å². The maximum absolute atomic E-state index is 12.2. The first-order valence-electron chi connectivity index (χ1n) is 13.5. The number of primary amides is 2. The van der Waals surface area contributed by atoms with E-state index >= 15 is 0 Å². The first-order valence-corrected chi connectivity index (χ1v) is 13.5. The number of carbonyl (C=O) groups is 4. The summed E-state index contributed by atoms with van der Waals surface area (Å²) in [6.45, 7) is 10.8. The lowest BCUT2D eigenvalue weighted by Crippen LogP contribution is -2.53. The highest BCUT2D eigenvalue weighted by Crippen LogP contribution is 2.24. The molecule has 1 fully saturated rings. The Kier molecular flexibility index (Phi) is 17.2. The summed E-state index contributed by atoms with van der Waals surface area (Å²) in [5.74, 6) is 0.920. The van der Waals surface area contributed by atoms with Crippen molar-refractivity contribution in [2.24, 2.45) is 11.5 Å². The molecule has 0 spiro atoms. The Morgan fingerprint density at radius 2 is 1.72 bits per heavy atom. The van der Waals surface area contributed by atoms with Crippen LogP contribution in [0, 0.1) is 0 Å². The van der Waals surface area contributed by atoms with E-state index < -0.39 is 5.54 Å². The lowest BCUT2D eigenvalue weighted by Gasteiger charge is -2.39. The van der Waals surface area contributed by atoms with Gasteiger partial charge in [-0.05, 0) is 72.1 Å². The smallest absolute Gasteiger partial charge is 0.319 e. The zero-order valence-electron chi connectivity index (χ0n) is 24.9. The average molecular weight is 551 g/mol. The van der Waals surface area contributed by atoms with Gasteiger partial charge in [-0.25, -0.2) is 4.79 Å². The third-order valence-corrected chi connectivity index (χ3v) is 6.38. The minimum atomic E-state index is -0.449. The highest BCUT2D eigenvalue weighted by molar-refractivity contribution is 5.80. The SMILES string of the molecule is CCN(C(=O)N(C)C)C(C)(C)CC(=O)N1CCCC1.CNC(C)C(N)=O.NC=O.c1ccc2c(c1)CCCO2. The number of nitrogens with two attached hydrogens (primary N) is 2. The number of aryl methyl sites for hydroxylation is 1. The predicted molar refractivity (Wildman–Crippen MR) is 154 cm³/mol. The molecule has 1 aromatic rings. The van der Waals surface area contributed by atoms with Crippen molar-refractivity contribution in [1.82, 2.24) is 20.0 Å². The van der Waals surface area contributed by atoms with Gasteiger partial charge in [0.15, 0.2) is 0 Å². The highest BCUT2D eigenvalue weighted by Gasteiger charge is 2.34. The van der Waals surface area contributed by atoms with Gasteiger partial charge in [-0.3, -0.25) is 14.4 Å². The number of benzene rings is 1. The predicted octanol–water partition coefficient (Wildman–Crippen LogP) is 1.97. The minimum absolute atomic E-state index is 0.0401. The van der Waals surface area contributed by atoms with Crippen molar-refractivity contribution in [3.05, 3.63) is 29.8 Å². The number of likely N-dealkylation sites (tertiary alicyclic amines) is 1. The molecule has 5 N–H and O–H groups in total. The van der Waals surface area contributed by atoms with Crippen molar-refractivity contribution in [2.45, 2.75) is 71.4 Å². The monoisotopic (exact) mass is 550 g/mol. The summed E-state index contributed by atoms with van der Waals surface area (Å²) in [5.41, 5.74) is 9.92. The Morgan fingerprint density at radius 1 is 1.15 bits per heavy atom. The molecule has 222 valence electrons. The Balaban J connectivity index is 0.000000597. The molecule has 3 rings (SSSR count). The number of ether oxygens (including phenoxy) is 1. The average Bonchev–Trinajstić information content (AvgIpc) is 3.45. The van der Waals surface area contributed by atoms with Crippen molar-refractivity contribution in [2.75, 3.05) is 47.4 Å². The Hall–Kier alpha value is -3.34. The number of nitrogens with zero attached hydrogens (tertiary/aromatic N) is 3. The summed E-state index contributed by atoms with van der Waals surface area (Å²) >= 11 is 0. The number of urea groups is 1. The molecule has 1 aromatic carbocycles. The summed E-state index contributed by atoms with van der Waals surface area (Å²) in [5, 5.41) is 2.69. The third kappa shape index (κ3) is 13.3. The van der Waals surface area contributed by atoms with Crippen LogP contribution in [0.4, 0.5) is 4.79 Å². The molecule has 0 aromatic heterocycles. The zero-order valence-corrected chi connectivity index (χ0v) is 24.9. The van der Waals surface area contributed by atoms with E-state index in [1.807, 2.05) is 37.8 Å². The summed E-state index contributed by atoms with van der Waals surface area (Å²) < 4.78 is 5.42. The van der Waals surface area contributed by atoms with Gasteiger partial charge in [-0.2, -0.15) is 0 Å². The van der Waals surface area contributed by atoms with Gasteiger partial charge in [0.05, 0.1) is 12.6 Å². The van der Waals surface area contributed by atoms with Crippen molar-refractivity contribution >= 4 is 24.3 Å². The maximum Gasteiger partial charge on any atom is 0.319 e. The highest BCUT2D eigenvalue weighted by atomic mass is 16.5. The quantitative estimate of drug-likeness (QED) is 0.461. The van der Waals surface area contributed by atoms with Gasteiger partial charge in [0.2, 0.25) is 18.2 Å². The fraction of sp³-hybridized carbons (Fsp3) is 0.643. The van der Waals surface area contributed by atoms with Crippen LogP contribution in [0.15, 0.2) is 24.3 Å². The second kappa shape index (κ2) is 18.8. The Bertz CT molecular complexity index is 862. The summed E-state index contributed by atoms with van der Waals surface area (Å²) in [7, 11) is 5.17. The van der Waals surface area contributed by atoms with Crippen LogP contribution < -0.4 is 21.5 Å². The van der Waals surface area contributed by atoms with Gasteiger partial charge >= 0.3 is 6.03 Å². The number of fused-ring (bicyclic) bond motifs is 1. The Labute approximate surface area is 234 Å². The molecule has 5 amide bonds. The van der Waals surface area contributed by atoms with E-state index in [0.717, 1.165) is 44.7 Å². The van der Waals surface area contributed by atoms with Crippen LogP contribution in [-0.4, -0.2) is 97.9 Å². The lowest BCUT2D eigenvalue weighted by atomic mass is 9.97. The van der Waals surface area contributed by atoms with Gasteiger partial charge < -0.3 is 36.2 Å². The van der Waals surface area contributed by atoms with Crippen molar-refractivity contribution in [3.63, 3.8) is 0 Å². The molecule has 11 heteroatoms. The number of nitrogens with one attached hydrogen (secondary N) is 1. The number of rotatable bonds is 6. The topological polar surface area (TPSA) is 151 Å². The maximum atomic E-state index is 12.2. The van der Waals surface area contributed by atoms with E-state index in [1.165, 1.54) is 12.0 Å². The number of para-hydroxylation sites is 1. The van der Waals surface area contributed by atoms with Crippen LogP contribution >= 0.6 is 0 Å². The van der Waals surface area contributed by atoms with Crippen molar-refractivity contribution < 1.29 is 23.9 Å². The van der Waals surface area contributed by atoms with Crippen LogP contribution in [-0.2, 0) is 20.8 Å². The van der Waals surface area contributed by atoms with E-state index in [9.17, 15) is 14.4 Å². The molecular weight excluding hydrogens is 500 g/mol. The molecule has 1 saturated heterocycles. The minimum Gasteiger partial charge on any atom is -0.493 e. The number of likely N-dealkylation sites (N-methyl/N-ethyl adjacent to an activating group) is 1. The summed E-state index contributed by atoms with van der Waals surface area (Å²) in [6, 6.07) is 8.00. The van der Waals surface area contributed by atoms with E-state index in [2.05, 4.69) is 23.2 Å². The molecule has 2 aliphatic heterocycles. The molecule has 2 aliphatic rings. The van der Waals surface area contributed by atoms with E-state index in [1.54, 1.807) is 37.9 Å². The summed E-state index contributed by atoms with van der Waals surface area (Å²) in [6.07, 6.45) is 5.17. The molecule has 1 atom stereocenters. The molecule has 39 heavy (non-hydrogen) atoms. The van der Waals surface area contributed by atoms with E-state index in [4.69, 9.17) is 15.3 Å². The fourth-order valence-corrected chi connectivity index (χ4v) is 4.05. The molecule has 11 nitrogen and oxygen atoms in total. The number of carbonyl (C=O) groups excluding carboxylic acids is 4. The second-order valence-electron chi connectivity index (χ2n) is 10.1. The molecule has 0 bridgehead atoms. The molecule has 0 aliphatic carbocycles. The van der Waals surface area contributed by atoms with Crippen LogP contribution in [0.3, 0.4) is 0 Å². The van der Waals surface area contributed by atoms with E-state index in [0.29, 0.717) is 13.0 Å². The van der Waals surface area contributed by atoms with Gasteiger partial charge in [0.1, 0.15) is 5.75 Å². The molecule has 1 unspecified atom stereocenters. The van der Waals surface area contributed by atoms with Crippen LogP contribution in [0.5, 0.6) is 5.75 Å². The number of amides is 5. The standard InChI is InChI=1S/C14H27N3O2.C9H10O.C4H10N2O.CH3NO/c1-6-17(13(19)15(4)5)14(2,3)11-12(18)16-9-7-8-10-16;1-2-6-9-8(4-1)5-3-7-10-9;1-3(6-2)4(5)7;2-1-3/h6-11H2,1-5H3;1-2,4,6H,3,5,7H2;3,6H,1-2H3,(H2,5,7);1H,(H2,2,3). The molecular formula is C28H50N6O5. The van der Waals surface area contributed by atoms with Gasteiger partial charge in [-0.1, -0.05) is 18.2 Å². The molecule has 0 saturated carbocycles. The Morgan fingerprint density at radius 3 is 2.15 bits per heavy atom. The summed E-state index contributed by atoms with van der Waals surface area (Å²) in [4.78, 5) is 48.3. The van der Waals surface area contributed by atoms with Crippen LogP contribution in [0.25, 0.3) is 0 Å². The first kappa shape index (κ1) is 35.7.